The molecule has 0 radical (unpaired) electrons. The number of hydrogen-bond acceptors (Lipinski definition) is 2. The minimum absolute atomic E-state index is 0. The van der Waals surface area contributed by atoms with Crippen LogP contribution in [-0.2, 0) is 0 Å². The van der Waals surface area contributed by atoms with Crippen LogP contribution in [0.25, 0.3) is 0 Å². The van der Waals surface area contributed by atoms with Crippen molar-refractivity contribution in [3.63, 3.8) is 0 Å². The maximum Gasteiger partial charge on any atom is 0.191 e. The Morgan fingerprint density at radius 3 is 2.37 bits per heavy atom. The summed E-state index contributed by atoms with van der Waals surface area (Å²) in [5.74, 6) is 2.95. The molecule has 0 saturated carbocycles. The van der Waals surface area contributed by atoms with Gasteiger partial charge in [-0.3, -0.25) is 4.99 Å². The average molecular weight is 401 g/mol. The first-order valence-corrected chi connectivity index (χ1v) is 8.45. The molecular weight excluding hydrogens is 369 g/mol. The molecule has 0 heterocycles. The molecule has 1 unspecified atom stereocenters. The van der Waals surface area contributed by atoms with E-state index in [0.717, 1.165) is 18.4 Å². The van der Waals surface area contributed by atoms with E-state index in [2.05, 4.69) is 42.7 Å². The van der Waals surface area contributed by atoms with Gasteiger partial charge in [0, 0.05) is 19.6 Å². The smallest absolute Gasteiger partial charge is 0.191 e. The molecule has 2 N–H and O–H groups in total. The third kappa shape index (κ3) is 14.6. The van der Waals surface area contributed by atoms with Crippen molar-refractivity contribution in [3.8, 4) is 0 Å². The highest BCUT2D eigenvalue weighted by atomic mass is 127. The first-order valence-electron chi connectivity index (χ1n) is 7.06. The lowest BCUT2D eigenvalue weighted by Gasteiger charge is -2.18. The molecule has 0 aromatic rings. The number of nitrogens with one attached hydrogen (secondary N) is 2. The van der Waals surface area contributed by atoms with E-state index in [0.29, 0.717) is 6.04 Å². The van der Waals surface area contributed by atoms with Crippen molar-refractivity contribution in [2.45, 2.75) is 52.5 Å². The highest BCUT2D eigenvalue weighted by Gasteiger charge is 2.05. The van der Waals surface area contributed by atoms with Crippen LogP contribution in [-0.4, -0.2) is 37.6 Å². The summed E-state index contributed by atoms with van der Waals surface area (Å²) in [7, 11) is 1.84. The third-order valence-electron chi connectivity index (χ3n) is 2.84. The number of thioether (sulfide) groups is 1. The predicted molar refractivity (Wildman–Crippen MR) is 101 cm³/mol. The molecule has 3 nitrogen and oxygen atoms in total. The Morgan fingerprint density at radius 2 is 1.84 bits per heavy atom. The molecule has 0 aromatic heterocycles. The van der Waals surface area contributed by atoms with Crippen LogP contribution in [0.4, 0.5) is 0 Å². The van der Waals surface area contributed by atoms with Crippen LogP contribution in [0.2, 0.25) is 0 Å². The van der Waals surface area contributed by atoms with Crippen LogP contribution in [0.15, 0.2) is 4.99 Å². The zero-order chi connectivity index (χ0) is 13.8. The van der Waals surface area contributed by atoms with Crippen molar-refractivity contribution in [1.29, 1.82) is 0 Å². The van der Waals surface area contributed by atoms with Crippen molar-refractivity contribution < 1.29 is 0 Å². The summed E-state index contributed by atoms with van der Waals surface area (Å²) >= 11 is 1.89. The van der Waals surface area contributed by atoms with E-state index in [1.54, 1.807) is 0 Å². The molecule has 0 bridgehead atoms. The fourth-order valence-electron chi connectivity index (χ4n) is 1.76. The Kier molecular flexibility index (Phi) is 16.8. The van der Waals surface area contributed by atoms with Gasteiger partial charge >= 0.3 is 0 Å². The fourth-order valence-corrected chi connectivity index (χ4v) is 2.19. The lowest BCUT2D eigenvalue weighted by molar-refractivity contribution is 0.491. The number of rotatable bonds is 9. The normalized spacial score (nSPS) is 13.1. The largest absolute Gasteiger partial charge is 0.356 e. The number of hydrogen-bond donors (Lipinski definition) is 2. The first kappa shape index (κ1) is 21.6. The second-order valence-electron chi connectivity index (χ2n) is 5.22. The standard InChI is InChI=1S/C14H31N3S.HI/c1-12(2)8-6-9-13(3)17-14(15-4)16-10-7-11-18-5;/h12-13H,6-11H2,1-5H3,(H2,15,16,17);1H. The van der Waals surface area contributed by atoms with Crippen LogP contribution in [0.5, 0.6) is 0 Å². The first-order chi connectivity index (χ1) is 8.60. The second-order valence-corrected chi connectivity index (χ2v) is 6.20. The van der Waals surface area contributed by atoms with Crippen molar-refractivity contribution in [2.75, 3.05) is 25.6 Å². The molecule has 0 saturated heterocycles. The molecule has 0 rings (SSSR count). The zero-order valence-corrected chi connectivity index (χ0v) is 16.3. The molecule has 0 aliphatic carbocycles. The Morgan fingerprint density at radius 1 is 1.16 bits per heavy atom. The summed E-state index contributed by atoms with van der Waals surface area (Å²) in [6.45, 7) is 7.79. The Balaban J connectivity index is 0. The molecule has 0 fully saturated rings. The molecule has 0 aromatic carbocycles. The van der Waals surface area contributed by atoms with Crippen molar-refractivity contribution >= 4 is 41.7 Å². The van der Waals surface area contributed by atoms with E-state index in [4.69, 9.17) is 0 Å². The van der Waals surface area contributed by atoms with Gasteiger partial charge in [0.15, 0.2) is 5.96 Å². The van der Waals surface area contributed by atoms with Crippen LogP contribution >= 0.6 is 35.7 Å². The van der Waals surface area contributed by atoms with Gasteiger partial charge in [0.1, 0.15) is 0 Å². The molecule has 1 atom stereocenters. The lowest BCUT2D eigenvalue weighted by Crippen LogP contribution is -2.42. The molecule has 5 heteroatoms. The molecule has 0 amide bonds. The second kappa shape index (κ2) is 14.8. The van der Waals surface area contributed by atoms with Gasteiger partial charge in [-0.2, -0.15) is 11.8 Å². The summed E-state index contributed by atoms with van der Waals surface area (Å²) in [5.41, 5.74) is 0. The van der Waals surface area contributed by atoms with Gasteiger partial charge in [-0.05, 0) is 37.7 Å². The van der Waals surface area contributed by atoms with Gasteiger partial charge in [0.05, 0.1) is 0 Å². The lowest BCUT2D eigenvalue weighted by atomic mass is 10.0. The van der Waals surface area contributed by atoms with E-state index in [-0.39, 0.29) is 24.0 Å². The van der Waals surface area contributed by atoms with Gasteiger partial charge in [0.2, 0.25) is 0 Å². The molecule has 0 spiro atoms. The van der Waals surface area contributed by atoms with Gasteiger partial charge in [-0.1, -0.05) is 26.7 Å². The number of aliphatic imine (C=N–C) groups is 1. The van der Waals surface area contributed by atoms with Crippen molar-refractivity contribution in [2.24, 2.45) is 10.9 Å². The van der Waals surface area contributed by atoms with Crippen molar-refractivity contribution in [3.05, 3.63) is 0 Å². The highest BCUT2D eigenvalue weighted by Crippen LogP contribution is 2.08. The Hall–Kier alpha value is 0.350. The number of guanidine groups is 1. The van der Waals surface area contributed by atoms with Crippen molar-refractivity contribution in [1.82, 2.24) is 10.6 Å². The quantitative estimate of drug-likeness (QED) is 0.268. The topological polar surface area (TPSA) is 36.4 Å². The van der Waals surface area contributed by atoms with E-state index >= 15 is 0 Å². The van der Waals surface area contributed by atoms with E-state index in [1.807, 2.05) is 18.8 Å². The summed E-state index contributed by atoms with van der Waals surface area (Å²) in [4.78, 5) is 4.26. The van der Waals surface area contributed by atoms with E-state index in [9.17, 15) is 0 Å². The third-order valence-corrected chi connectivity index (χ3v) is 3.54. The summed E-state index contributed by atoms with van der Waals surface area (Å²) < 4.78 is 0. The van der Waals surface area contributed by atoms with E-state index < -0.39 is 0 Å². The molecule has 19 heavy (non-hydrogen) atoms. The fraction of sp³-hybridized carbons (Fsp3) is 0.929. The number of nitrogens with zero attached hydrogens (tertiary/aromatic N) is 1. The molecule has 0 aliphatic heterocycles. The molecular formula is C14H32IN3S. The maximum absolute atomic E-state index is 4.26. The van der Waals surface area contributed by atoms with Crippen LogP contribution in [0, 0.1) is 5.92 Å². The van der Waals surface area contributed by atoms with E-state index in [1.165, 1.54) is 31.4 Å². The highest BCUT2D eigenvalue weighted by molar-refractivity contribution is 14.0. The Labute approximate surface area is 141 Å². The van der Waals surface area contributed by atoms with Gasteiger partial charge in [-0.25, -0.2) is 0 Å². The van der Waals surface area contributed by atoms with Crippen LogP contribution in [0.1, 0.15) is 46.5 Å². The Bertz CT molecular complexity index is 223. The summed E-state index contributed by atoms with van der Waals surface area (Å²) in [5, 5.41) is 6.81. The minimum Gasteiger partial charge on any atom is -0.356 e. The zero-order valence-electron chi connectivity index (χ0n) is 13.2. The SMILES string of the molecule is CN=C(NCCCSC)NC(C)CCCC(C)C.I. The van der Waals surface area contributed by atoms with Crippen LogP contribution < -0.4 is 10.6 Å². The molecule has 0 aliphatic rings. The van der Waals surface area contributed by atoms with Gasteiger partial charge < -0.3 is 10.6 Å². The average Bonchev–Trinajstić information content (AvgIpc) is 2.32. The maximum atomic E-state index is 4.26. The molecule has 116 valence electrons. The monoisotopic (exact) mass is 401 g/mol. The minimum atomic E-state index is 0. The van der Waals surface area contributed by atoms with Crippen LogP contribution in [0.3, 0.4) is 0 Å². The van der Waals surface area contributed by atoms with Gasteiger partial charge in [-0.15, -0.1) is 24.0 Å². The predicted octanol–water partition coefficient (Wildman–Crippen LogP) is 3.74. The summed E-state index contributed by atoms with van der Waals surface area (Å²) in [6, 6.07) is 0.496. The number of halogens is 1. The van der Waals surface area contributed by atoms with Gasteiger partial charge in [0.25, 0.3) is 0 Å². The summed E-state index contributed by atoms with van der Waals surface area (Å²) in [6.07, 6.45) is 7.14.